The van der Waals surface area contributed by atoms with Crippen molar-refractivity contribution in [3.05, 3.63) is 28.8 Å². The van der Waals surface area contributed by atoms with Crippen molar-refractivity contribution in [3.8, 4) is 0 Å². The van der Waals surface area contributed by atoms with Crippen LogP contribution in [-0.4, -0.2) is 19.1 Å². The summed E-state index contributed by atoms with van der Waals surface area (Å²) < 4.78 is 0. The maximum Gasteiger partial charge on any atom is 0.0642 e. The lowest BCUT2D eigenvalue weighted by molar-refractivity contribution is 0.390. The quantitative estimate of drug-likeness (QED) is 0.847. The van der Waals surface area contributed by atoms with Gasteiger partial charge in [0.15, 0.2) is 0 Å². The first-order valence-electron chi connectivity index (χ1n) is 8.23. The predicted octanol–water partition coefficient (Wildman–Crippen LogP) is 4.71. The van der Waals surface area contributed by atoms with Crippen LogP contribution in [0.1, 0.15) is 46.1 Å². The molecule has 21 heavy (non-hydrogen) atoms. The summed E-state index contributed by atoms with van der Waals surface area (Å²) in [6, 6.07) is 7.11. The van der Waals surface area contributed by atoms with Crippen LogP contribution in [0.4, 0.5) is 5.69 Å². The lowest BCUT2D eigenvalue weighted by Gasteiger charge is -2.39. The SMILES string of the molecule is CC(C)CNCc1ccc(N2CC(C)CCC2C)c(Cl)c1. The molecule has 0 radical (unpaired) electrons. The molecular weight excluding hydrogens is 280 g/mol. The van der Waals surface area contributed by atoms with Crippen LogP contribution < -0.4 is 10.2 Å². The summed E-state index contributed by atoms with van der Waals surface area (Å²) in [5.74, 6) is 1.43. The van der Waals surface area contributed by atoms with E-state index >= 15 is 0 Å². The molecule has 3 heteroatoms. The monoisotopic (exact) mass is 308 g/mol. The zero-order valence-electron chi connectivity index (χ0n) is 13.8. The molecule has 1 saturated heterocycles. The average Bonchev–Trinajstić information content (AvgIpc) is 2.42. The Bertz CT molecular complexity index is 459. The fourth-order valence-electron chi connectivity index (χ4n) is 3.02. The maximum atomic E-state index is 6.55. The fraction of sp³-hybridized carbons (Fsp3) is 0.667. The number of benzene rings is 1. The van der Waals surface area contributed by atoms with Gasteiger partial charge >= 0.3 is 0 Å². The van der Waals surface area contributed by atoms with Crippen molar-refractivity contribution in [2.75, 3.05) is 18.0 Å². The van der Waals surface area contributed by atoms with Gasteiger partial charge in [-0.15, -0.1) is 0 Å². The van der Waals surface area contributed by atoms with E-state index in [4.69, 9.17) is 11.6 Å². The molecule has 1 aromatic rings. The first kappa shape index (κ1) is 16.6. The van der Waals surface area contributed by atoms with Crippen LogP contribution in [0, 0.1) is 11.8 Å². The summed E-state index contributed by atoms with van der Waals surface area (Å²) in [5, 5.41) is 4.36. The van der Waals surface area contributed by atoms with Crippen LogP contribution in [0.3, 0.4) is 0 Å². The van der Waals surface area contributed by atoms with Gasteiger partial charge < -0.3 is 10.2 Å². The van der Waals surface area contributed by atoms with E-state index in [1.165, 1.54) is 24.1 Å². The number of rotatable bonds is 5. The fourth-order valence-corrected chi connectivity index (χ4v) is 3.33. The van der Waals surface area contributed by atoms with Crippen LogP contribution in [0.15, 0.2) is 18.2 Å². The third-order valence-electron chi connectivity index (χ3n) is 4.32. The molecule has 2 rings (SSSR count). The number of hydrogen-bond acceptors (Lipinski definition) is 2. The smallest absolute Gasteiger partial charge is 0.0642 e. The highest BCUT2D eigenvalue weighted by Gasteiger charge is 2.24. The number of nitrogens with zero attached hydrogens (tertiary/aromatic N) is 1. The summed E-state index contributed by atoms with van der Waals surface area (Å²) in [6.07, 6.45) is 2.59. The lowest BCUT2D eigenvalue weighted by atomic mass is 9.94. The van der Waals surface area contributed by atoms with Crippen LogP contribution in [0.5, 0.6) is 0 Å². The van der Waals surface area contributed by atoms with Gasteiger partial charge in [0.05, 0.1) is 10.7 Å². The topological polar surface area (TPSA) is 15.3 Å². The summed E-state index contributed by atoms with van der Waals surface area (Å²) in [6.45, 7) is 12.1. The van der Waals surface area contributed by atoms with Crippen LogP contribution >= 0.6 is 11.6 Å². The summed E-state index contributed by atoms with van der Waals surface area (Å²) >= 11 is 6.55. The summed E-state index contributed by atoms with van der Waals surface area (Å²) in [4.78, 5) is 2.47. The van der Waals surface area contributed by atoms with Gasteiger partial charge in [-0.05, 0) is 55.8 Å². The summed E-state index contributed by atoms with van der Waals surface area (Å²) in [5.41, 5.74) is 2.46. The molecule has 1 aliphatic rings. The van der Waals surface area contributed by atoms with Gasteiger partial charge in [-0.25, -0.2) is 0 Å². The van der Waals surface area contributed by atoms with Gasteiger partial charge in [-0.3, -0.25) is 0 Å². The third-order valence-corrected chi connectivity index (χ3v) is 4.62. The molecule has 0 spiro atoms. The molecule has 2 unspecified atom stereocenters. The number of halogens is 1. The van der Waals surface area contributed by atoms with Crippen molar-refractivity contribution in [1.82, 2.24) is 5.32 Å². The Balaban J connectivity index is 2.04. The van der Waals surface area contributed by atoms with Crippen LogP contribution in [0.25, 0.3) is 0 Å². The molecule has 1 fully saturated rings. The van der Waals surface area contributed by atoms with E-state index in [0.29, 0.717) is 12.0 Å². The van der Waals surface area contributed by atoms with Crippen LogP contribution in [0.2, 0.25) is 5.02 Å². The van der Waals surface area contributed by atoms with Crippen molar-refractivity contribution in [2.45, 2.75) is 53.1 Å². The molecule has 0 bridgehead atoms. The average molecular weight is 309 g/mol. The van der Waals surface area contributed by atoms with Gasteiger partial charge in [0.2, 0.25) is 0 Å². The summed E-state index contributed by atoms with van der Waals surface area (Å²) in [7, 11) is 0. The van der Waals surface area contributed by atoms with E-state index < -0.39 is 0 Å². The zero-order chi connectivity index (χ0) is 15.4. The van der Waals surface area contributed by atoms with Gasteiger partial charge in [0.1, 0.15) is 0 Å². The van der Waals surface area contributed by atoms with Crippen molar-refractivity contribution in [3.63, 3.8) is 0 Å². The van der Waals surface area contributed by atoms with E-state index in [-0.39, 0.29) is 0 Å². The van der Waals surface area contributed by atoms with Crippen molar-refractivity contribution in [2.24, 2.45) is 11.8 Å². The minimum Gasteiger partial charge on any atom is -0.367 e. The zero-order valence-corrected chi connectivity index (χ0v) is 14.6. The lowest BCUT2D eigenvalue weighted by Crippen LogP contribution is -2.41. The molecule has 0 saturated carbocycles. The number of anilines is 1. The molecule has 1 aliphatic heterocycles. The molecule has 0 amide bonds. The Labute approximate surface area is 134 Å². The Kier molecular flexibility index (Phi) is 5.95. The van der Waals surface area contributed by atoms with Gasteiger partial charge in [0.25, 0.3) is 0 Å². The van der Waals surface area contributed by atoms with E-state index in [0.717, 1.165) is 30.6 Å². The Morgan fingerprint density at radius 3 is 2.71 bits per heavy atom. The molecule has 1 aromatic carbocycles. The highest BCUT2D eigenvalue weighted by molar-refractivity contribution is 6.33. The molecule has 118 valence electrons. The first-order chi connectivity index (χ1) is 9.97. The van der Waals surface area contributed by atoms with Crippen molar-refractivity contribution < 1.29 is 0 Å². The molecular formula is C18H29ClN2. The van der Waals surface area contributed by atoms with Crippen LogP contribution in [-0.2, 0) is 6.54 Å². The van der Waals surface area contributed by atoms with E-state index in [1.54, 1.807) is 0 Å². The van der Waals surface area contributed by atoms with Crippen molar-refractivity contribution >= 4 is 17.3 Å². The Morgan fingerprint density at radius 2 is 2.05 bits per heavy atom. The van der Waals surface area contributed by atoms with Crippen molar-refractivity contribution in [1.29, 1.82) is 0 Å². The van der Waals surface area contributed by atoms with E-state index in [1.807, 2.05) is 0 Å². The Morgan fingerprint density at radius 1 is 1.29 bits per heavy atom. The number of nitrogens with one attached hydrogen (secondary N) is 1. The molecule has 1 heterocycles. The van der Waals surface area contributed by atoms with E-state index in [9.17, 15) is 0 Å². The highest BCUT2D eigenvalue weighted by atomic mass is 35.5. The minimum atomic E-state index is 0.587. The van der Waals surface area contributed by atoms with E-state index in [2.05, 4.69) is 56.1 Å². The normalized spacial score (nSPS) is 22.9. The highest BCUT2D eigenvalue weighted by Crippen LogP contribution is 2.33. The molecule has 0 aliphatic carbocycles. The number of piperidine rings is 1. The molecule has 2 atom stereocenters. The molecule has 2 nitrogen and oxygen atoms in total. The maximum absolute atomic E-state index is 6.55. The predicted molar refractivity (Wildman–Crippen MR) is 93.2 cm³/mol. The first-order valence-corrected chi connectivity index (χ1v) is 8.61. The number of hydrogen-bond donors (Lipinski definition) is 1. The van der Waals surface area contributed by atoms with Gasteiger partial charge in [-0.2, -0.15) is 0 Å². The molecule has 0 aromatic heterocycles. The van der Waals surface area contributed by atoms with Gasteiger partial charge in [0, 0.05) is 19.1 Å². The second-order valence-corrected chi connectivity index (χ2v) is 7.40. The second-order valence-electron chi connectivity index (χ2n) is 6.99. The largest absolute Gasteiger partial charge is 0.367 e. The van der Waals surface area contributed by atoms with Gasteiger partial charge in [-0.1, -0.05) is 38.4 Å². The second kappa shape index (κ2) is 7.51. The minimum absolute atomic E-state index is 0.587. The molecule has 1 N–H and O–H groups in total. The Hall–Kier alpha value is -0.730. The standard InChI is InChI=1S/C18H29ClN2/c1-13(2)10-20-11-16-7-8-18(17(19)9-16)21-12-14(3)5-6-15(21)4/h7-9,13-15,20H,5-6,10-12H2,1-4H3. The third kappa shape index (κ3) is 4.62.